The molecule has 1 fully saturated rings. The molecule has 0 spiro atoms. The first kappa shape index (κ1) is 12.1. The van der Waals surface area contributed by atoms with Gasteiger partial charge in [0.25, 0.3) is 0 Å². The maximum Gasteiger partial charge on any atom is 0.322 e. The van der Waals surface area contributed by atoms with Crippen LogP contribution in [0.15, 0.2) is 30.3 Å². The molecule has 0 aromatic heterocycles. The van der Waals surface area contributed by atoms with Crippen LogP contribution in [0.4, 0.5) is 0 Å². The molecule has 1 aromatic carbocycles. The summed E-state index contributed by atoms with van der Waals surface area (Å²) in [6.45, 7) is 0. The summed E-state index contributed by atoms with van der Waals surface area (Å²) in [4.78, 5) is 11.5. The number of piperidine rings is 1. The topological polar surface area (TPSA) is 38.3 Å². The average molecular weight is 233 g/mol. The van der Waals surface area contributed by atoms with Gasteiger partial charge in [0.05, 0.1) is 7.11 Å². The number of ether oxygens (including phenoxy) is 1. The number of carbonyl (C=O) groups is 1. The van der Waals surface area contributed by atoms with E-state index >= 15 is 0 Å². The molecule has 0 radical (unpaired) electrons. The van der Waals surface area contributed by atoms with E-state index in [1.807, 2.05) is 6.07 Å². The quantitative estimate of drug-likeness (QED) is 0.810. The van der Waals surface area contributed by atoms with Crippen LogP contribution in [-0.4, -0.2) is 25.2 Å². The summed E-state index contributed by atoms with van der Waals surface area (Å²) in [7, 11) is 1.45. The molecule has 0 saturated carbocycles. The molecule has 1 aliphatic heterocycles. The van der Waals surface area contributed by atoms with Crippen molar-refractivity contribution < 1.29 is 9.53 Å². The van der Waals surface area contributed by atoms with E-state index in [0.717, 1.165) is 25.7 Å². The zero-order chi connectivity index (χ0) is 12.1. The SMILES string of the molecule is COC(=O)[C@@H]1CCC[C@H](Cc2ccccc2)N1. The Balaban J connectivity index is 1.92. The van der Waals surface area contributed by atoms with Crippen molar-refractivity contribution >= 4 is 5.97 Å². The fourth-order valence-corrected chi connectivity index (χ4v) is 2.41. The molecule has 1 aliphatic rings. The molecule has 1 aromatic rings. The lowest BCUT2D eigenvalue weighted by Crippen LogP contribution is -2.48. The van der Waals surface area contributed by atoms with Gasteiger partial charge in [0.15, 0.2) is 0 Å². The molecule has 1 saturated heterocycles. The molecule has 3 nitrogen and oxygen atoms in total. The average Bonchev–Trinajstić information content (AvgIpc) is 2.39. The minimum absolute atomic E-state index is 0.123. The molecule has 0 amide bonds. The second-order valence-electron chi connectivity index (χ2n) is 4.56. The van der Waals surface area contributed by atoms with Crippen LogP contribution in [0.5, 0.6) is 0 Å². The van der Waals surface area contributed by atoms with Crippen molar-refractivity contribution in [2.24, 2.45) is 0 Å². The van der Waals surface area contributed by atoms with Gasteiger partial charge in [-0.3, -0.25) is 4.79 Å². The molecule has 2 atom stereocenters. The van der Waals surface area contributed by atoms with Crippen molar-refractivity contribution in [1.82, 2.24) is 5.32 Å². The highest BCUT2D eigenvalue weighted by Gasteiger charge is 2.26. The monoisotopic (exact) mass is 233 g/mol. The van der Waals surface area contributed by atoms with Gasteiger partial charge in [0, 0.05) is 6.04 Å². The lowest BCUT2D eigenvalue weighted by Gasteiger charge is -2.29. The van der Waals surface area contributed by atoms with Crippen LogP contribution in [0.3, 0.4) is 0 Å². The third kappa shape index (κ3) is 3.30. The number of carbonyl (C=O) groups excluding carboxylic acids is 1. The Morgan fingerprint density at radius 2 is 2.12 bits per heavy atom. The summed E-state index contributed by atoms with van der Waals surface area (Å²) < 4.78 is 4.79. The summed E-state index contributed by atoms with van der Waals surface area (Å²) in [5.74, 6) is -0.136. The van der Waals surface area contributed by atoms with E-state index in [4.69, 9.17) is 4.74 Å². The third-order valence-electron chi connectivity index (χ3n) is 3.29. The molecular weight excluding hydrogens is 214 g/mol. The first-order valence-corrected chi connectivity index (χ1v) is 6.17. The molecule has 1 N–H and O–H groups in total. The van der Waals surface area contributed by atoms with Gasteiger partial charge in [-0.25, -0.2) is 0 Å². The Labute approximate surface area is 102 Å². The number of hydrogen-bond donors (Lipinski definition) is 1. The number of hydrogen-bond acceptors (Lipinski definition) is 3. The molecule has 17 heavy (non-hydrogen) atoms. The van der Waals surface area contributed by atoms with Crippen molar-refractivity contribution in [3.63, 3.8) is 0 Å². The van der Waals surface area contributed by atoms with Crippen LogP contribution < -0.4 is 5.32 Å². The highest BCUT2D eigenvalue weighted by atomic mass is 16.5. The van der Waals surface area contributed by atoms with E-state index in [1.165, 1.54) is 12.7 Å². The Hall–Kier alpha value is -1.35. The lowest BCUT2D eigenvalue weighted by molar-refractivity contribution is -0.144. The Kier molecular flexibility index (Phi) is 4.15. The van der Waals surface area contributed by atoms with Crippen LogP contribution in [0.1, 0.15) is 24.8 Å². The van der Waals surface area contributed by atoms with Crippen molar-refractivity contribution in [2.75, 3.05) is 7.11 Å². The van der Waals surface area contributed by atoms with Crippen molar-refractivity contribution in [3.05, 3.63) is 35.9 Å². The van der Waals surface area contributed by atoms with E-state index in [9.17, 15) is 4.79 Å². The Morgan fingerprint density at radius 3 is 2.82 bits per heavy atom. The molecule has 2 rings (SSSR count). The van der Waals surface area contributed by atoms with Gasteiger partial charge >= 0.3 is 5.97 Å². The van der Waals surface area contributed by atoms with Gasteiger partial charge in [-0.1, -0.05) is 30.3 Å². The molecular formula is C14H19NO2. The molecule has 92 valence electrons. The molecule has 0 bridgehead atoms. The zero-order valence-corrected chi connectivity index (χ0v) is 10.2. The van der Waals surface area contributed by atoms with E-state index < -0.39 is 0 Å². The summed E-state index contributed by atoms with van der Waals surface area (Å²) in [6, 6.07) is 10.6. The van der Waals surface area contributed by atoms with Crippen LogP contribution in [0.2, 0.25) is 0 Å². The number of esters is 1. The van der Waals surface area contributed by atoms with E-state index in [-0.39, 0.29) is 12.0 Å². The summed E-state index contributed by atoms with van der Waals surface area (Å²) in [5, 5.41) is 3.38. The second kappa shape index (κ2) is 5.82. The maximum atomic E-state index is 11.5. The van der Waals surface area contributed by atoms with E-state index in [0.29, 0.717) is 6.04 Å². The first-order valence-electron chi connectivity index (χ1n) is 6.17. The highest BCUT2D eigenvalue weighted by molar-refractivity contribution is 5.75. The summed E-state index contributed by atoms with van der Waals surface area (Å²) >= 11 is 0. The normalized spacial score (nSPS) is 24.3. The molecule has 1 heterocycles. The van der Waals surface area contributed by atoms with Crippen molar-refractivity contribution in [1.29, 1.82) is 0 Å². The predicted molar refractivity (Wildman–Crippen MR) is 66.7 cm³/mol. The van der Waals surface area contributed by atoms with Crippen LogP contribution in [0.25, 0.3) is 0 Å². The van der Waals surface area contributed by atoms with Gasteiger partial charge in [0.1, 0.15) is 6.04 Å². The molecule has 0 unspecified atom stereocenters. The van der Waals surface area contributed by atoms with Gasteiger partial charge in [-0.2, -0.15) is 0 Å². The van der Waals surface area contributed by atoms with Gasteiger partial charge in [0.2, 0.25) is 0 Å². The standard InChI is InChI=1S/C14H19NO2/c1-17-14(16)13-9-5-8-12(15-13)10-11-6-3-2-4-7-11/h2-4,6-7,12-13,15H,5,8-10H2,1H3/t12-,13+/m1/s1. The van der Waals surface area contributed by atoms with Gasteiger partial charge in [-0.05, 0) is 31.2 Å². The number of rotatable bonds is 3. The fraction of sp³-hybridized carbons (Fsp3) is 0.500. The van der Waals surface area contributed by atoms with Crippen LogP contribution >= 0.6 is 0 Å². The van der Waals surface area contributed by atoms with Gasteiger partial charge in [-0.15, -0.1) is 0 Å². The van der Waals surface area contributed by atoms with Crippen molar-refractivity contribution in [3.8, 4) is 0 Å². The minimum atomic E-state index is -0.136. The largest absolute Gasteiger partial charge is 0.468 e. The smallest absolute Gasteiger partial charge is 0.322 e. The van der Waals surface area contributed by atoms with Crippen LogP contribution in [0, 0.1) is 0 Å². The molecule has 0 aliphatic carbocycles. The maximum absolute atomic E-state index is 11.5. The summed E-state index contributed by atoms with van der Waals surface area (Å²) in [6.07, 6.45) is 4.08. The molecule has 3 heteroatoms. The van der Waals surface area contributed by atoms with E-state index in [1.54, 1.807) is 0 Å². The number of nitrogens with one attached hydrogen (secondary N) is 1. The second-order valence-corrected chi connectivity index (χ2v) is 4.56. The predicted octanol–water partition coefficient (Wildman–Crippen LogP) is 1.91. The Bertz CT molecular complexity index is 364. The fourth-order valence-electron chi connectivity index (χ4n) is 2.41. The first-order chi connectivity index (χ1) is 8.29. The number of benzene rings is 1. The zero-order valence-electron chi connectivity index (χ0n) is 10.2. The van der Waals surface area contributed by atoms with Gasteiger partial charge < -0.3 is 10.1 Å². The highest BCUT2D eigenvalue weighted by Crippen LogP contribution is 2.17. The van der Waals surface area contributed by atoms with E-state index in [2.05, 4.69) is 29.6 Å². The third-order valence-corrected chi connectivity index (χ3v) is 3.29. The van der Waals surface area contributed by atoms with Crippen LogP contribution in [-0.2, 0) is 16.0 Å². The summed E-state index contributed by atoms with van der Waals surface area (Å²) in [5.41, 5.74) is 1.32. The van der Waals surface area contributed by atoms with Crippen molar-refractivity contribution in [2.45, 2.75) is 37.8 Å². The Morgan fingerprint density at radius 1 is 1.35 bits per heavy atom. The minimum Gasteiger partial charge on any atom is -0.468 e. The number of methoxy groups -OCH3 is 1. The lowest BCUT2D eigenvalue weighted by atomic mass is 9.94.